The van der Waals surface area contributed by atoms with Crippen LogP contribution in [0.3, 0.4) is 0 Å². The van der Waals surface area contributed by atoms with Gasteiger partial charge in [0.15, 0.2) is 0 Å². The lowest BCUT2D eigenvalue weighted by molar-refractivity contribution is 0.0600. The van der Waals surface area contributed by atoms with Crippen molar-refractivity contribution in [1.82, 2.24) is 10.2 Å². The first-order valence-corrected chi connectivity index (χ1v) is 8.43. The number of methoxy groups -OCH3 is 1. The number of nitrogens with one attached hydrogen (secondary N) is 2. The molecule has 0 saturated heterocycles. The molecule has 0 saturated carbocycles. The number of carbonyl (C=O) groups is 3. The van der Waals surface area contributed by atoms with Crippen LogP contribution in [0.2, 0.25) is 0 Å². The topological polar surface area (TPSA) is 87.7 Å². The number of hydrogen-bond donors (Lipinski definition) is 2. The fraction of sp³-hybridized carbons (Fsp3) is 0.250. The van der Waals surface area contributed by atoms with Crippen molar-refractivity contribution in [1.29, 1.82) is 0 Å². The predicted molar refractivity (Wildman–Crippen MR) is 103 cm³/mol. The molecule has 2 N–H and O–H groups in total. The lowest BCUT2D eigenvalue weighted by Gasteiger charge is -2.11. The van der Waals surface area contributed by atoms with Crippen molar-refractivity contribution in [3.63, 3.8) is 0 Å². The van der Waals surface area contributed by atoms with Crippen LogP contribution in [-0.2, 0) is 4.74 Å². The molecule has 0 unspecified atom stereocenters. The number of rotatable bonds is 7. The van der Waals surface area contributed by atoms with Crippen molar-refractivity contribution < 1.29 is 19.1 Å². The summed E-state index contributed by atoms with van der Waals surface area (Å²) >= 11 is 0. The van der Waals surface area contributed by atoms with E-state index in [0.29, 0.717) is 28.9 Å². The highest BCUT2D eigenvalue weighted by molar-refractivity contribution is 6.06. The fourth-order valence-corrected chi connectivity index (χ4v) is 2.34. The second-order valence-corrected chi connectivity index (χ2v) is 6.17. The Hall–Kier alpha value is -3.19. The molecule has 0 heterocycles. The lowest BCUT2D eigenvalue weighted by Crippen LogP contribution is -2.31. The Balaban J connectivity index is 2.07. The van der Waals surface area contributed by atoms with E-state index in [1.54, 1.807) is 36.4 Å². The summed E-state index contributed by atoms with van der Waals surface area (Å²) in [5.41, 5.74) is 1.55. The van der Waals surface area contributed by atoms with Crippen molar-refractivity contribution in [2.24, 2.45) is 0 Å². The highest BCUT2D eigenvalue weighted by Gasteiger charge is 2.12. The van der Waals surface area contributed by atoms with Crippen LogP contribution in [0, 0.1) is 0 Å². The van der Waals surface area contributed by atoms with Gasteiger partial charge in [0, 0.05) is 29.9 Å². The molecule has 2 aromatic carbocycles. The monoisotopic (exact) mass is 369 g/mol. The van der Waals surface area contributed by atoms with E-state index in [9.17, 15) is 14.4 Å². The number of hydrogen-bond acceptors (Lipinski definition) is 5. The maximum atomic E-state index is 12.5. The standard InChI is InChI=1S/C20H23N3O4/c1-23(2)11-10-21-18(24)14-6-4-7-15(12-14)19(25)22-17-9-5-8-16(13-17)20(26)27-3/h4-9,12-13H,10-11H2,1-3H3,(H,21,24)(H,22,25). The number of ether oxygens (including phenoxy) is 1. The van der Waals surface area contributed by atoms with Gasteiger partial charge in [0.25, 0.3) is 11.8 Å². The minimum atomic E-state index is -0.484. The van der Waals surface area contributed by atoms with Gasteiger partial charge >= 0.3 is 5.97 Å². The van der Waals surface area contributed by atoms with Gasteiger partial charge in [-0.1, -0.05) is 12.1 Å². The maximum Gasteiger partial charge on any atom is 0.337 e. The van der Waals surface area contributed by atoms with Crippen LogP contribution in [0.15, 0.2) is 48.5 Å². The summed E-state index contributed by atoms with van der Waals surface area (Å²) < 4.78 is 4.67. The molecule has 0 aliphatic heterocycles. The lowest BCUT2D eigenvalue weighted by atomic mass is 10.1. The Morgan fingerprint density at radius 3 is 2.22 bits per heavy atom. The van der Waals surface area contributed by atoms with Gasteiger partial charge in [-0.15, -0.1) is 0 Å². The highest BCUT2D eigenvalue weighted by atomic mass is 16.5. The molecule has 142 valence electrons. The van der Waals surface area contributed by atoms with Gasteiger partial charge in [-0.3, -0.25) is 9.59 Å². The molecule has 0 bridgehead atoms. The van der Waals surface area contributed by atoms with Gasteiger partial charge in [0.05, 0.1) is 12.7 Å². The molecule has 0 aliphatic carbocycles. The molecule has 0 fully saturated rings. The summed E-state index contributed by atoms with van der Waals surface area (Å²) in [4.78, 5) is 38.2. The summed E-state index contributed by atoms with van der Waals surface area (Å²) in [6, 6.07) is 12.9. The zero-order valence-electron chi connectivity index (χ0n) is 15.6. The van der Waals surface area contributed by atoms with Gasteiger partial charge < -0.3 is 20.3 Å². The van der Waals surface area contributed by atoms with E-state index in [2.05, 4.69) is 15.4 Å². The van der Waals surface area contributed by atoms with E-state index < -0.39 is 5.97 Å². The van der Waals surface area contributed by atoms with Crippen LogP contribution in [0.25, 0.3) is 0 Å². The molecule has 2 aromatic rings. The molecule has 2 amide bonds. The molecule has 0 radical (unpaired) electrons. The first-order valence-electron chi connectivity index (χ1n) is 8.43. The van der Waals surface area contributed by atoms with Crippen LogP contribution in [0.5, 0.6) is 0 Å². The number of amides is 2. The van der Waals surface area contributed by atoms with Crippen LogP contribution in [-0.4, -0.2) is 57.0 Å². The van der Waals surface area contributed by atoms with E-state index in [4.69, 9.17) is 0 Å². The Morgan fingerprint density at radius 1 is 0.926 bits per heavy atom. The Bertz CT molecular complexity index is 833. The number of carbonyl (C=O) groups excluding carboxylic acids is 3. The van der Waals surface area contributed by atoms with E-state index >= 15 is 0 Å². The third kappa shape index (κ3) is 5.93. The second-order valence-electron chi connectivity index (χ2n) is 6.17. The number of benzene rings is 2. The summed E-state index contributed by atoms with van der Waals surface area (Å²) in [5, 5.41) is 5.53. The minimum absolute atomic E-state index is 0.237. The molecule has 2 rings (SSSR count). The summed E-state index contributed by atoms with van der Waals surface area (Å²) in [6.07, 6.45) is 0. The predicted octanol–water partition coefficient (Wildman–Crippen LogP) is 2.02. The van der Waals surface area contributed by atoms with Crippen molar-refractivity contribution in [3.05, 3.63) is 65.2 Å². The van der Waals surface area contributed by atoms with Crippen molar-refractivity contribution in [2.45, 2.75) is 0 Å². The first kappa shape index (κ1) is 20.1. The van der Waals surface area contributed by atoms with Gasteiger partial charge in [0.2, 0.25) is 0 Å². The molecule has 7 nitrogen and oxygen atoms in total. The Morgan fingerprint density at radius 2 is 1.56 bits per heavy atom. The van der Waals surface area contributed by atoms with Crippen LogP contribution in [0.1, 0.15) is 31.1 Å². The third-order valence-corrected chi connectivity index (χ3v) is 3.77. The molecular formula is C20H23N3O4. The molecular weight excluding hydrogens is 346 g/mol. The van der Waals surface area contributed by atoms with Crippen LogP contribution >= 0.6 is 0 Å². The van der Waals surface area contributed by atoms with Gasteiger partial charge in [0.1, 0.15) is 0 Å². The zero-order valence-corrected chi connectivity index (χ0v) is 15.6. The van der Waals surface area contributed by atoms with E-state index in [1.807, 2.05) is 19.0 Å². The number of esters is 1. The number of likely N-dealkylation sites (N-methyl/N-ethyl adjacent to an activating group) is 1. The molecule has 0 spiro atoms. The van der Waals surface area contributed by atoms with Gasteiger partial charge in [-0.2, -0.15) is 0 Å². The third-order valence-electron chi connectivity index (χ3n) is 3.77. The SMILES string of the molecule is COC(=O)c1cccc(NC(=O)c2cccc(C(=O)NCCN(C)C)c2)c1. The second kappa shape index (κ2) is 9.49. The quantitative estimate of drug-likeness (QED) is 0.729. The van der Waals surface area contributed by atoms with E-state index in [1.165, 1.54) is 19.2 Å². The number of anilines is 1. The van der Waals surface area contributed by atoms with E-state index in [-0.39, 0.29) is 11.8 Å². The molecule has 0 atom stereocenters. The fourth-order valence-electron chi connectivity index (χ4n) is 2.34. The number of nitrogens with zero attached hydrogens (tertiary/aromatic N) is 1. The Kier molecular flexibility index (Phi) is 7.08. The van der Waals surface area contributed by atoms with Crippen LogP contribution in [0.4, 0.5) is 5.69 Å². The molecule has 27 heavy (non-hydrogen) atoms. The average Bonchev–Trinajstić information content (AvgIpc) is 2.67. The molecule has 7 heteroatoms. The average molecular weight is 369 g/mol. The smallest absolute Gasteiger partial charge is 0.337 e. The highest BCUT2D eigenvalue weighted by Crippen LogP contribution is 2.14. The van der Waals surface area contributed by atoms with Gasteiger partial charge in [-0.25, -0.2) is 4.79 Å². The van der Waals surface area contributed by atoms with Gasteiger partial charge in [-0.05, 0) is 50.5 Å². The first-order chi connectivity index (χ1) is 12.9. The summed E-state index contributed by atoms with van der Waals surface area (Å²) in [7, 11) is 5.14. The van der Waals surface area contributed by atoms with Crippen LogP contribution < -0.4 is 10.6 Å². The normalized spacial score (nSPS) is 10.4. The summed E-state index contributed by atoms with van der Waals surface area (Å²) in [5.74, 6) is -1.10. The molecule has 0 aliphatic rings. The maximum absolute atomic E-state index is 12.5. The van der Waals surface area contributed by atoms with E-state index in [0.717, 1.165) is 6.54 Å². The van der Waals surface area contributed by atoms with Crippen molar-refractivity contribution >= 4 is 23.5 Å². The van der Waals surface area contributed by atoms with Crippen molar-refractivity contribution in [2.75, 3.05) is 39.6 Å². The molecule has 0 aromatic heterocycles. The Labute approximate surface area is 158 Å². The minimum Gasteiger partial charge on any atom is -0.465 e. The zero-order chi connectivity index (χ0) is 19.8. The van der Waals surface area contributed by atoms with Crippen molar-refractivity contribution in [3.8, 4) is 0 Å². The summed E-state index contributed by atoms with van der Waals surface area (Å²) in [6.45, 7) is 1.24. The largest absolute Gasteiger partial charge is 0.465 e.